The summed E-state index contributed by atoms with van der Waals surface area (Å²) in [6.45, 7) is 0. The SMILES string of the molecule is COc1ccc(/C=C2\SC(=Nc3cccc(C(=O)O)c3)N(C3CCCCC3)C2=O)cc1OC. The summed E-state index contributed by atoms with van der Waals surface area (Å²) in [5.41, 5.74) is 1.50. The highest BCUT2D eigenvalue weighted by Crippen LogP contribution is 2.39. The number of carboxylic acid groups (broad SMARTS) is 1. The van der Waals surface area contributed by atoms with Crippen LogP contribution in [0.5, 0.6) is 11.5 Å². The molecule has 0 unspecified atom stereocenters. The highest BCUT2D eigenvalue weighted by Gasteiger charge is 2.38. The molecular weight excluding hydrogens is 440 g/mol. The molecule has 0 atom stereocenters. The van der Waals surface area contributed by atoms with Gasteiger partial charge in [-0.25, -0.2) is 9.79 Å². The van der Waals surface area contributed by atoms with Crippen LogP contribution in [0.3, 0.4) is 0 Å². The zero-order chi connectivity index (χ0) is 23.4. The molecule has 1 amide bonds. The van der Waals surface area contributed by atoms with Crippen molar-refractivity contribution < 1.29 is 24.2 Å². The number of hydrogen-bond donors (Lipinski definition) is 1. The second kappa shape index (κ2) is 10.1. The van der Waals surface area contributed by atoms with E-state index >= 15 is 0 Å². The molecule has 8 heteroatoms. The van der Waals surface area contributed by atoms with E-state index in [2.05, 4.69) is 0 Å². The Morgan fingerprint density at radius 2 is 1.85 bits per heavy atom. The first kappa shape index (κ1) is 22.9. The number of benzene rings is 2. The van der Waals surface area contributed by atoms with Gasteiger partial charge in [-0.05, 0) is 66.6 Å². The topological polar surface area (TPSA) is 88.4 Å². The minimum atomic E-state index is -1.01. The van der Waals surface area contributed by atoms with E-state index in [9.17, 15) is 14.7 Å². The van der Waals surface area contributed by atoms with Crippen molar-refractivity contribution in [3.63, 3.8) is 0 Å². The summed E-state index contributed by atoms with van der Waals surface area (Å²) < 4.78 is 10.7. The zero-order valence-electron chi connectivity index (χ0n) is 18.6. The number of carboxylic acids is 1. The molecule has 1 heterocycles. The third kappa shape index (κ3) is 5.06. The van der Waals surface area contributed by atoms with E-state index in [1.54, 1.807) is 37.3 Å². The van der Waals surface area contributed by atoms with Gasteiger partial charge in [0.1, 0.15) is 0 Å². The van der Waals surface area contributed by atoms with Crippen molar-refractivity contribution in [1.82, 2.24) is 4.90 Å². The van der Waals surface area contributed by atoms with Crippen LogP contribution in [0.15, 0.2) is 52.4 Å². The molecule has 1 aliphatic carbocycles. The molecule has 1 saturated carbocycles. The number of amides is 1. The van der Waals surface area contributed by atoms with Gasteiger partial charge in [0.2, 0.25) is 0 Å². The maximum absolute atomic E-state index is 13.5. The van der Waals surface area contributed by atoms with E-state index < -0.39 is 5.97 Å². The number of aromatic carboxylic acids is 1. The molecule has 2 fully saturated rings. The summed E-state index contributed by atoms with van der Waals surface area (Å²) in [5.74, 6) is 0.125. The van der Waals surface area contributed by atoms with Crippen molar-refractivity contribution in [2.45, 2.75) is 38.1 Å². The Morgan fingerprint density at radius 3 is 2.55 bits per heavy atom. The Morgan fingerprint density at radius 1 is 1.09 bits per heavy atom. The lowest BCUT2D eigenvalue weighted by Gasteiger charge is -2.30. The number of ether oxygens (including phenoxy) is 2. The molecule has 172 valence electrons. The first-order valence-corrected chi connectivity index (χ1v) is 11.7. The molecule has 2 aromatic rings. The van der Waals surface area contributed by atoms with E-state index in [-0.39, 0.29) is 17.5 Å². The molecule has 7 nitrogen and oxygen atoms in total. The normalized spacial score (nSPS) is 19.3. The number of thioether (sulfide) groups is 1. The molecule has 2 aromatic carbocycles. The number of nitrogens with zero attached hydrogens (tertiary/aromatic N) is 2. The van der Waals surface area contributed by atoms with Crippen LogP contribution in [-0.2, 0) is 4.79 Å². The number of carbonyl (C=O) groups excluding carboxylic acids is 1. The fourth-order valence-electron chi connectivity index (χ4n) is 4.14. The van der Waals surface area contributed by atoms with Crippen LogP contribution in [0.25, 0.3) is 6.08 Å². The second-order valence-corrected chi connectivity index (χ2v) is 8.95. The van der Waals surface area contributed by atoms with Gasteiger partial charge in [-0.1, -0.05) is 31.4 Å². The lowest BCUT2D eigenvalue weighted by molar-refractivity contribution is -0.124. The van der Waals surface area contributed by atoms with Crippen LogP contribution in [0.1, 0.15) is 48.0 Å². The zero-order valence-corrected chi connectivity index (χ0v) is 19.4. The number of methoxy groups -OCH3 is 2. The standard InChI is InChI=1S/C25H26N2O5S/c1-31-20-12-11-16(13-21(20)32-2)14-22-23(28)27(19-9-4-3-5-10-19)25(33-22)26-18-8-6-7-17(15-18)24(29)30/h6-8,11-15,19H,3-5,9-10H2,1-2H3,(H,29,30)/b22-14-,26-25?. The van der Waals surface area contributed by atoms with Crippen LogP contribution in [0.4, 0.5) is 5.69 Å². The Bertz CT molecular complexity index is 1120. The minimum absolute atomic E-state index is 0.0742. The average Bonchev–Trinajstić information content (AvgIpc) is 3.13. The van der Waals surface area contributed by atoms with Gasteiger partial charge in [0.25, 0.3) is 5.91 Å². The molecule has 0 spiro atoms. The van der Waals surface area contributed by atoms with Crippen LogP contribution < -0.4 is 9.47 Å². The van der Waals surface area contributed by atoms with E-state index in [0.29, 0.717) is 27.3 Å². The summed E-state index contributed by atoms with van der Waals surface area (Å²) in [6.07, 6.45) is 7.04. The monoisotopic (exact) mass is 466 g/mol. The molecule has 0 radical (unpaired) electrons. The molecule has 1 saturated heterocycles. The summed E-state index contributed by atoms with van der Waals surface area (Å²) in [5, 5.41) is 9.89. The van der Waals surface area contributed by atoms with E-state index in [1.165, 1.54) is 30.3 Å². The van der Waals surface area contributed by atoms with Crippen LogP contribution in [0.2, 0.25) is 0 Å². The lowest BCUT2D eigenvalue weighted by Crippen LogP contribution is -2.40. The molecule has 1 N–H and O–H groups in total. The Kier molecular flexibility index (Phi) is 7.03. The first-order chi connectivity index (χ1) is 16.0. The number of rotatable bonds is 6. The number of aliphatic imine (C=N–C) groups is 1. The first-order valence-electron chi connectivity index (χ1n) is 10.9. The fourth-order valence-corrected chi connectivity index (χ4v) is 5.20. The van der Waals surface area contributed by atoms with Crippen molar-refractivity contribution in [2.24, 2.45) is 4.99 Å². The van der Waals surface area contributed by atoms with Crippen molar-refractivity contribution in [3.8, 4) is 11.5 Å². The molecule has 1 aliphatic heterocycles. The van der Waals surface area contributed by atoms with E-state index in [1.807, 2.05) is 18.2 Å². The molecule has 2 aliphatic rings. The van der Waals surface area contributed by atoms with Crippen molar-refractivity contribution in [3.05, 3.63) is 58.5 Å². The average molecular weight is 467 g/mol. The highest BCUT2D eigenvalue weighted by atomic mass is 32.2. The van der Waals surface area contributed by atoms with Crippen molar-refractivity contribution in [2.75, 3.05) is 14.2 Å². The van der Waals surface area contributed by atoms with Gasteiger partial charge in [-0.15, -0.1) is 0 Å². The molecule has 0 bridgehead atoms. The van der Waals surface area contributed by atoms with E-state index in [4.69, 9.17) is 14.5 Å². The van der Waals surface area contributed by atoms with Crippen LogP contribution in [0, 0.1) is 0 Å². The molecule has 33 heavy (non-hydrogen) atoms. The van der Waals surface area contributed by atoms with Gasteiger partial charge in [0, 0.05) is 6.04 Å². The smallest absolute Gasteiger partial charge is 0.335 e. The maximum atomic E-state index is 13.5. The third-order valence-corrected chi connectivity index (χ3v) is 6.78. The maximum Gasteiger partial charge on any atom is 0.335 e. The quantitative estimate of drug-likeness (QED) is 0.578. The number of hydrogen-bond acceptors (Lipinski definition) is 6. The van der Waals surface area contributed by atoms with Gasteiger partial charge in [0.05, 0.1) is 30.4 Å². The fraction of sp³-hybridized carbons (Fsp3) is 0.320. The number of carbonyl (C=O) groups is 2. The Balaban J connectivity index is 1.71. The summed E-state index contributed by atoms with van der Waals surface area (Å²) >= 11 is 1.32. The van der Waals surface area contributed by atoms with Gasteiger partial charge >= 0.3 is 5.97 Å². The van der Waals surface area contributed by atoms with Crippen LogP contribution in [-0.4, -0.2) is 47.3 Å². The largest absolute Gasteiger partial charge is 0.493 e. The van der Waals surface area contributed by atoms with Gasteiger partial charge in [-0.2, -0.15) is 0 Å². The molecular formula is C25H26N2O5S. The lowest BCUT2D eigenvalue weighted by atomic mass is 9.94. The van der Waals surface area contributed by atoms with Gasteiger partial charge in [-0.3, -0.25) is 9.69 Å². The van der Waals surface area contributed by atoms with Crippen molar-refractivity contribution >= 4 is 40.6 Å². The summed E-state index contributed by atoms with van der Waals surface area (Å²) in [4.78, 5) is 31.9. The minimum Gasteiger partial charge on any atom is -0.493 e. The van der Waals surface area contributed by atoms with Crippen molar-refractivity contribution in [1.29, 1.82) is 0 Å². The molecule has 0 aromatic heterocycles. The summed E-state index contributed by atoms with van der Waals surface area (Å²) in [7, 11) is 3.15. The Labute approximate surface area is 197 Å². The van der Waals surface area contributed by atoms with E-state index in [0.717, 1.165) is 31.2 Å². The Hall–Kier alpha value is -3.26. The predicted molar refractivity (Wildman–Crippen MR) is 129 cm³/mol. The predicted octanol–water partition coefficient (Wildman–Crippen LogP) is 5.34. The summed E-state index contributed by atoms with van der Waals surface area (Å²) in [6, 6.07) is 12.1. The highest BCUT2D eigenvalue weighted by molar-refractivity contribution is 8.18. The number of amidine groups is 1. The molecule has 4 rings (SSSR count). The van der Waals surface area contributed by atoms with Crippen LogP contribution >= 0.6 is 11.8 Å². The van der Waals surface area contributed by atoms with Gasteiger partial charge < -0.3 is 14.6 Å². The third-order valence-electron chi connectivity index (χ3n) is 5.80. The van der Waals surface area contributed by atoms with Gasteiger partial charge in [0.15, 0.2) is 16.7 Å². The second-order valence-electron chi connectivity index (χ2n) is 7.94.